The predicted molar refractivity (Wildman–Crippen MR) is 557 cm³/mol. The zero-order chi connectivity index (χ0) is 92.7. The molecule has 30 rings (SSSR count). The summed E-state index contributed by atoms with van der Waals surface area (Å²) >= 11 is 1.76. The Kier molecular flexibility index (Phi) is 18.6. The molecular weight excluding hydrogens is 1770 g/mol. The molecule has 12 aromatic heterocycles. The third-order valence-corrected chi connectivity index (χ3v) is 27.0. The van der Waals surface area contributed by atoms with Crippen molar-refractivity contribution in [2.45, 2.75) is 0 Å². The highest BCUT2D eigenvalue weighted by molar-refractivity contribution is 7.26. The van der Waals surface area contributed by atoms with E-state index in [1.165, 1.54) is 15.5 Å². The standard InChI is InChI=1S/2C40H22N4O3.C40H22N4O2S/c1-2-10-23(11-3-1)37-42-38(26-13-8-18-33-35(26)25-12-4-6-16-30(25)45-33)44-39(43-37)27-14-9-19-34-36(27)28-22-24(20-21-31(28)46-34)40-41-29-15-5-7-17-32(29)47-40;1-2-9-23(10-3-1)37-42-38(24-17-19-32-28(21-24)26-11-4-6-14-31(26)45-32)44-39(43-37)27-12-8-16-35-36(27)29-22-25(18-20-33(29)46-35)40-41-30-13-5-7-15-34(30)47-40;1-2-10-23(11-3-1)37-42-38(44-39(43-37)28-15-8-13-26-25-12-4-7-19-34(25)47-36(26)28)27-14-9-18-33-35(27)29-22-24(20-21-31(29)45-33)40-41-30-16-5-6-17-32(30)46-40/h3*1-22H. The zero-order valence-corrected chi connectivity index (χ0v) is 75.0. The molecule has 0 fully saturated rings. The molecule has 30 aromatic rings. The first-order valence-corrected chi connectivity index (χ1v) is 46.7. The Morgan fingerprint density at radius 2 is 0.418 bits per heavy atom. The summed E-state index contributed by atoms with van der Waals surface area (Å²) in [6.07, 6.45) is 0. The van der Waals surface area contributed by atoms with Gasteiger partial charge in [0.25, 0.3) is 0 Å². The lowest BCUT2D eigenvalue weighted by atomic mass is 10.0. The number of hydrogen-bond acceptors (Lipinski definition) is 21. The fraction of sp³-hybridized carbons (Fsp3) is 0. The van der Waals surface area contributed by atoms with Crippen LogP contribution in [0.2, 0.25) is 0 Å². The Morgan fingerprint density at radius 3 is 0.837 bits per heavy atom. The average Bonchev–Trinajstić information content (AvgIpc) is 1.67. The molecule has 0 aliphatic heterocycles. The first kappa shape index (κ1) is 80.1. The van der Waals surface area contributed by atoms with E-state index in [1.54, 1.807) is 11.3 Å². The monoisotopic (exact) mass is 1830 g/mol. The summed E-state index contributed by atoms with van der Waals surface area (Å²) in [5.74, 6) is 6.85. The summed E-state index contributed by atoms with van der Waals surface area (Å²) in [6, 6.07) is 132. The number of benzene rings is 18. The smallest absolute Gasteiger partial charge is 0.227 e. The highest BCUT2D eigenvalue weighted by atomic mass is 32.1. The summed E-state index contributed by atoms with van der Waals surface area (Å²) in [7, 11) is 0. The van der Waals surface area contributed by atoms with Crippen molar-refractivity contribution in [3.63, 3.8) is 0 Å². The highest BCUT2D eigenvalue weighted by Gasteiger charge is 2.28. The van der Waals surface area contributed by atoms with E-state index in [0.29, 0.717) is 70.1 Å². The van der Waals surface area contributed by atoms with Gasteiger partial charge in [-0.25, -0.2) is 59.8 Å². The zero-order valence-electron chi connectivity index (χ0n) is 74.1. The van der Waals surface area contributed by atoms with E-state index in [2.05, 4.69) is 84.9 Å². The predicted octanol–water partition coefficient (Wildman–Crippen LogP) is 31.9. The molecule has 21 heteroatoms. The van der Waals surface area contributed by atoms with Crippen LogP contribution in [0.4, 0.5) is 0 Å². The fourth-order valence-corrected chi connectivity index (χ4v) is 20.4. The summed E-state index contributed by atoms with van der Waals surface area (Å²) in [6.45, 7) is 0. The van der Waals surface area contributed by atoms with Crippen LogP contribution in [0, 0.1) is 0 Å². The van der Waals surface area contributed by atoms with Gasteiger partial charge in [0.05, 0.1) is 0 Å². The molecule has 0 amide bonds. The second-order valence-electron chi connectivity index (χ2n) is 34.3. The fourth-order valence-electron chi connectivity index (χ4n) is 19.2. The Hall–Kier alpha value is -19.4. The lowest BCUT2D eigenvalue weighted by Gasteiger charge is -2.10. The maximum atomic E-state index is 6.36. The van der Waals surface area contributed by atoms with Crippen LogP contribution in [0.15, 0.2) is 436 Å². The maximum Gasteiger partial charge on any atom is 0.227 e. The van der Waals surface area contributed by atoms with Gasteiger partial charge in [0, 0.05) is 141 Å². The van der Waals surface area contributed by atoms with Crippen molar-refractivity contribution in [1.29, 1.82) is 0 Å². The van der Waals surface area contributed by atoms with E-state index in [1.807, 2.05) is 315 Å². The Balaban J connectivity index is 0.000000104. The van der Waals surface area contributed by atoms with Crippen LogP contribution in [0.25, 0.3) is 300 Å². The molecule has 0 aliphatic carbocycles. The summed E-state index contributed by atoms with van der Waals surface area (Å²) in [5, 5.41) is 12.0. The van der Waals surface area contributed by atoms with Gasteiger partial charge < -0.3 is 35.3 Å². The Labute approximate surface area is 801 Å². The van der Waals surface area contributed by atoms with Crippen LogP contribution in [-0.4, -0.2) is 59.8 Å². The molecule has 141 heavy (non-hydrogen) atoms. The van der Waals surface area contributed by atoms with Gasteiger partial charge in [-0.05, 0) is 158 Å². The molecule has 0 spiro atoms. The molecule has 0 radical (unpaired) electrons. The molecule has 0 saturated heterocycles. The molecule has 0 atom stereocenters. The first-order valence-electron chi connectivity index (χ1n) is 45.9. The second-order valence-corrected chi connectivity index (χ2v) is 35.4. The van der Waals surface area contributed by atoms with Crippen LogP contribution in [0.3, 0.4) is 0 Å². The van der Waals surface area contributed by atoms with Crippen LogP contribution < -0.4 is 0 Å². The number of nitrogens with zero attached hydrogens (tertiary/aromatic N) is 12. The van der Waals surface area contributed by atoms with Crippen molar-refractivity contribution in [3.05, 3.63) is 400 Å². The van der Waals surface area contributed by atoms with Crippen LogP contribution in [0.1, 0.15) is 0 Å². The minimum Gasteiger partial charge on any atom is -0.456 e. The summed E-state index contributed by atoms with van der Waals surface area (Å²) < 4.78 is 52.1. The van der Waals surface area contributed by atoms with Gasteiger partial charge >= 0.3 is 0 Å². The number of thiophene rings is 1. The molecule has 0 saturated carbocycles. The summed E-state index contributed by atoms with van der Waals surface area (Å²) in [5.41, 5.74) is 23.0. The topological polar surface area (TPSA) is 260 Å². The van der Waals surface area contributed by atoms with E-state index in [-0.39, 0.29) is 0 Å². The Morgan fingerprint density at radius 1 is 0.149 bits per heavy atom. The van der Waals surface area contributed by atoms with Crippen LogP contribution >= 0.6 is 11.3 Å². The molecule has 660 valence electrons. The second kappa shape index (κ2) is 32.7. The molecule has 20 nitrogen and oxygen atoms in total. The van der Waals surface area contributed by atoms with Crippen molar-refractivity contribution in [1.82, 2.24) is 59.8 Å². The Bertz CT molecular complexity index is 10200. The number of rotatable bonds is 12. The van der Waals surface area contributed by atoms with Gasteiger partial charge in [-0.3, -0.25) is 0 Å². The van der Waals surface area contributed by atoms with E-state index in [9.17, 15) is 0 Å². The van der Waals surface area contributed by atoms with Crippen LogP contribution in [-0.2, 0) is 0 Å². The average molecular weight is 1840 g/mol. The molecular formula is C120H66N12O8S. The number of aromatic nitrogens is 12. The molecule has 0 bridgehead atoms. The quantitative estimate of drug-likeness (QED) is 0.110. The van der Waals surface area contributed by atoms with Crippen molar-refractivity contribution in [3.8, 4) is 137 Å². The molecule has 0 unspecified atom stereocenters. The van der Waals surface area contributed by atoms with E-state index in [4.69, 9.17) is 95.1 Å². The normalized spacial score (nSPS) is 11.8. The van der Waals surface area contributed by atoms with Gasteiger partial charge in [0.2, 0.25) is 17.7 Å². The van der Waals surface area contributed by atoms with Crippen molar-refractivity contribution in [2.24, 2.45) is 0 Å². The largest absolute Gasteiger partial charge is 0.456 e. The lowest BCUT2D eigenvalue weighted by molar-refractivity contribution is 0.619. The minimum atomic E-state index is 0.541. The van der Waals surface area contributed by atoms with E-state index >= 15 is 0 Å². The van der Waals surface area contributed by atoms with Crippen molar-refractivity contribution >= 4 is 175 Å². The minimum absolute atomic E-state index is 0.541. The van der Waals surface area contributed by atoms with Gasteiger partial charge in [0.15, 0.2) is 69.2 Å². The number of para-hydroxylation sites is 8. The van der Waals surface area contributed by atoms with Gasteiger partial charge in [0.1, 0.15) is 72.4 Å². The van der Waals surface area contributed by atoms with Crippen molar-refractivity contribution in [2.75, 3.05) is 0 Å². The third-order valence-electron chi connectivity index (χ3n) is 25.8. The number of furan rings is 5. The van der Waals surface area contributed by atoms with Gasteiger partial charge in [-0.2, -0.15) is 0 Å². The molecule has 12 heterocycles. The number of oxazole rings is 3. The van der Waals surface area contributed by atoms with E-state index in [0.717, 1.165) is 214 Å². The first-order chi connectivity index (χ1) is 69.8. The molecule has 18 aromatic carbocycles. The number of fused-ring (bicyclic) bond motifs is 21. The maximum absolute atomic E-state index is 6.36. The number of hydrogen-bond donors (Lipinski definition) is 0. The lowest BCUT2D eigenvalue weighted by Crippen LogP contribution is -2.00. The van der Waals surface area contributed by atoms with E-state index < -0.39 is 0 Å². The van der Waals surface area contributed by atoms with Gasteiger partial charge in [-0.1, -0.05) is 243 Å². The van der Waals surface area contributed by atoms with Crippen molar-refractivity contribution < 1.29 is 35.3 Å². The highest BCUT2D eigenvalue weighted by Crippen LogP contribution is 2.47. The van der Waals surface area contributed by atoms with Gasteiger partial charge in [-0.15, -0.1) is 11.3 Å². The SMILES string of the molecule is c1ccc(-c2nc(-c3ccc4oc5ccccc5c4c3)nc(-c3cccc4oc5ccc(-c6nc7ccccc7o6)cc5c34)n2)cc1.c1ccc(-c2nc(-c3cccc4c3sc3ccccc34)nc(-c3cccc4oc5ccc(-c6nc7ccccc7o6)cc5c34)n2)cc1.c1ccc(-c2nc(-c3cccc4oc5ccccc5c34)nc(-c3cccc4oc5ccc(-c6nc7ccccc7o6)cc5c34)n2)cc1. The van der Waals surface area contributed by atoms with Crippen LogP contribution in [0.5, 0.6) is 0 Å². The molecule has 0 N–H and O–H groups in total. The molecule has 0 aliphatic rings. The third kappa shape index (κ3) is 14.0. The summed E-state index contributed by atoms with van der Waals surface area (Å²) in [4.78, 5) is 59.8.